The topological polar surface area (TPSA) is 114 Å². The minimum Gasteiger partial charge on any atom is -0.484 e. The summed E-state index contributed by atoms with van der Waals surface area (Å²) >= 11 is 5.93. The van der Waals surface area contributed by atoms with E-state index in [-0.39, 0.29) is 22.8 Å². The first-order valence-electron chi connectivity index (χ1n) is 9.50. The van der Waals surface area contributed by atoms with Gasteiger partial charge >= 0.3 is 0 Å². The van der Waals surface area contributed by atoms with Crippen LogP contribution in [-0.2, 0) is 14.8 Å². The second-order valence-electron chi connectivity index (χ2n) is 6.84. The van der Waals surface area contributed by atoms with E-state index in [0.717, 1.165) is 17.7 Å². The molecule has 0 saturated carbocycles. The Morgan fingerprint density at radius 1 is 0.970 bits per heavy atom. The molecule has 0 bridgehead atoms. The van der Waals surface area contributed by atoms with Gasteiger partial charge in [0, 0.05) is 16.3 Å². The van der Waals surface area contributed by atoms with E-state index < -0.39 is 27.7 Å². The van der Waals surface area contributed by atoms with Crippen molar-refractivity contribution < 1.29 is 27.1 Å². The summed E-state index contributed by atoms with van der Waals surface area (Å²) in [6.07, 6.45) is 0. The van der Waals surface area contributed by atoms with Crippen LogP contribution in [0.25, 0.3) is 0 Å². The van der Waals surface area contributed by atoms with Crippen molar-refractivity contribution in [2.75, 3.05) is 11.3 Å². The number of benzene rings is 3. The highest BCUT2D eigenvalue weighted by atomic mass is 35.5. The highest BCUT2D eigenvalue weighted by Gasteiger charge is 2.16. The van der Waals surface area contributed by atoms with E-state index in [2.05, 4.69) is 15.6 Å². The third-order valence-corrected chi connectivity index (χ3v) is 6.16. The van der Waals surface area contributed by atoms with Crippen LogP contribution in [0.3, 0.4) is 0 Å². The van der Waals surface area contributed by atoms with Gasteiger partial charge in [0.15, 0.2) is 6.61 Å². The van der Waals surface area contributed by atoms with Crippen LogP contribution in [0, 0.1) is 12.7 Å². The van der Waals surface area contributed by atoms with E-state index in [1.807, 2.05) is 0 Å². The number of halogens is 2. The summed E-state index contributed by atoms with van der Waals surface area (Å²) in [5, 5.41) is 0.573. The fourth-order valence-electron chi connectivity index (χ4n) is 2.61. The predicted molar refractivity (Wildman–Crippen MR) is 121 cm³/mol. The second-order valence-corrected chi connectivity index (χ2v) is 8.93. The Kier molecular flexibility index (Phi) is 7.52. The quantitative estimate of drug-likeness (QED) is 0.438. The zero-order valence-electron chi connectivity index (χ0n) is 17.3. The number of carbonyl (C=O) groups excluding carboxylic acids is 2. The zero-order valence-corrected chi connectivity index (χ0v) is 18.8. The van der Waals surface area contributed by atoms with Crippen LogP contribution < -0.4 is 20.3 Å². The molecule has 11 heteroatoms. The van der Waals surface area contributed by atoms with Crippen LogP contribution in [0.4, 0.5) is 10.1 Å². The van der Waals surface area contributed by atoms with Crippen LogP contribution in [0.5, 0.6) is 5.75 Å². The largest absolute Gasteiger partial charge is 0.484 e. The molecular formula is C22H19ClFN3O5S. The number of sulfonamides is 1. The first-order valence-corrected chi connectivity index (χ1v) is 11.4. The highest BCUT2D eigenvalue weighted by Crippen LogP contribution is 2.21. The van der Waals surface area contributed by atoms with E-state index in [1.54, 1.807) is 25.1 Å². The Balaban J connectivity index is 1.52. The minimum absolute atomic E-state index is 0.0981. The first-order chi connectivity index (χ1) is 15.6. The van der Waals surface area contributed by atoms with Gasteiger partial charge in [0.05, 0.1) is 4.90 Å². The van der Waals surface area contributed by atoms with Crippen molar-refractivity contribution >= 4 is 39.1 Å². The molecule has 2 amide bonds. The Hall–Kier alpha value is -3.63. The van der Waals surface area contributed by atoms with Gasteiger partial charge in [0.2, 0.25) is 0 Å². The molecule has 8 nitrogen and oxygen atoms in total. The maximum atomic E-state index is 13.0. The minimum atomic E-state index is -3.93. The van der Waals surface area contributed by atoms with Crippen molar-refractivity contribution in [2.24, 2.45) is 0 Å². The van der Waals surface area contributed by atoms with Gasteiger partial charge in [-0.3, -0.25) is 25.2 Å². The van der Waals surface area contributed by atoms with Crippen molar-refractivity contribution in [2.45, 2.75) is 11.8 Å². The zero-order chi connectivity index (χ0) is 24.0. The van der Waals surface area contributed by atoms with Crippen molar-refractivity contribution in [3.05, 3.63) is 88.7 Å². The summed E-state index contributed by atoms with van der Waals surface area (Å²) in [7, 11) is -3.93. The van der Waals surface area contributed by atoms with Gasteiger partial charge in [-0.1, -0.05) is 11.6 Å². The summed E-state index contributed by atoms with van der Waals surface area (Å²) < 4.78 is 45.5. The average molecular weight is 492 g/mol. The van der Waals surface area contributed by atoms with E-state index >= 15 is 0 Å². The van der Waals surface area contributed by atoms with Gasteiger partial charge in [-0.2, -0.15) is 0 Å². The fraction of sp³-hybridized carbons (Fsp3) is 0.0909. The summed E-state index contributed by atoms with van der Waals surface area (Å²) in [5.74, 6) is -1.30. The smallest absolute Gasteiger partial charge is 0.276 e. The molecule has 0 spiro atoms. The maximum Gasteiger partial charge on any atom is 0.276 e. The van der Waals surface area contributed by atoms with Crippen LogP contribution in [-0.4, -0.2) is 26.8 Å². The van der Waals surface area contributed by atoms with E-state index in [4.69, 9.17) is 16.3 Å². The number of hydrogen-bond acceptors (Lipinski definition) is 5. The lowest BCUT2D eigenvalue weighted by atomic mass is 10.2. The normalized spacial score (nSPS) is 10.9. The molecule has 0 aliphatic carbocycles. The molecule has 0 aliphatic heterocycles. The Labute approximate surface area is 194 Å². The molecule has 0 aromatic heterocycles. The fourth-order valence-corrected chi connectivity index (χ4v) is 3.78. The standard InChI is InChI=1S/C22H19ClFN3O5S/c1-14-12-18(8-11-20(14)23)32-13-21(28)25-26-22(29)15-2-9-19(10-3-15)33(30,31)27-17-6-4-16(24)5-7-17/h2-12,27H,13H2,1H3,(H,25,28)(H,26,29). The molecule has 0 fully saturated rings. The lowest BCUT2D eigenvalue weighted by Crippen LogP contribution is -2.43. The summed E-state index contributed by atoms with van der Waals surface area (Å²) in [6.45, 7) is 1.46. The van der Waals surface area contributed by atoms with E-state index in [0.29, 0.717) is 10.8 Å². The van der Waals surface area contributed by atoms with Crippen LogP contribution in [0.1, 0.15) is 15.9 Å². The molecule has 0 radical (unpaired) electrons. The first kappa shape index (κ1) is 24.0. The number of carbonyl (C=O) groups is 2. The number of hydrazine groups is 1. The van der Waals surface area contributed by atoms with Gasteiger partial charge in [-0.25, -0.2) is 12.8 Å². The average Bonchev–Trinajstić information content (AvgIpc) is 2.79. The SMILES string of the molecule is Cc1cc(OCC(=O)NNC(=O)c2ccc(S(=O)(=O)Nc3ccc(F)cc3)cc2)ccc1Cl. The molecule has 0 aliphatic rings. The summed E-state index contributed by atoms with van der Waals surface area (Å²) in [5.41, 5.74) is 5.53. The van der Waals surface area contributed by atoms with Crippen molar-refractivity contribution in [3.8, 4) is 5.75 Å². The molecular weight excluding hydrogens is 473 g/mol. The molecule has 3 rings (SSSR count). The predicted octanol–water partition coefficient (Wildman–Crippen LogP) is 3.43. The Morgan fingerprint density at radius 3 is 2.27 bits per heavy atom. The van der Waals surface area contributed by atoms with Crippen LogP contribution in [0.2, 0.25) is 5.02 Å². The molecule has 0 heterocycles. The number of aryl methyl sites for hydroxylation is 1. The van der Waals surface area contributed by atoms with Crippen molar-refractivity contribution in [1.82, 2.24) is 10.9 Å². The third-order valence-electron chi connectivity index (χ3n) is 4.34. The van der Waals surface area contributed by atoms with Crippen molar-refractivity contribution in [1.29, 1.82) is 0 Å². The third kappa shape index (κ3) is 6.67. The molecule has 0 atom stereocenters. The molecule has 0 unspecified atom stereocenters. The number of amides is 2. The number of nitrogens with one attached hydrogen (secondary N) is 3. The summed E-state index contributed by atoms with van der Waals surface area (Å²) in [6, 6.07) is 14.8. The summed E-state index contributed by atoms with van der Waals surface area (Å²) in [4.78, 5) is 24.0. The molecule has 33 heavy (non-hydrogen) atoms. The van der Waals surface area contributed by atoms with Gasteiger partial charge < -0.3 is 4.74 Å². The van der Waals surface area contributed by atoms with Crippen LogP contribution >= 0.6 is 11.6 Å². The van der Waals surface area contributed by atoms with Gasteiger partial charge in [-0.05, 0) is 79.2 Å². The van der Waals surface area contributed by atoms with E-state index in [1.165, 1.54) is 36.4 Å². The van der Waals surface area contributed by atoms with Gasteiger partial charge in [0.25, 0.3) is 21.8 Å². The second kappa shape index (κ2) is 10.3. The molecule has 3 N–H and O–H groups in total. The highest BCUT2D eigenvalue weighted by molar-refractivity contribution is 7.92. The van der Waals surface area contributed by atoms with Crippen LogP contribution in [0.15, 0.2) is 71.6 Å². The molecule has 0 saturated heterocycles. The van der Waals surface area contributed by atoms with E-state index in [9.17, 15) is 22.4 Å². The number of hydrogen-bond donors (Lipinski definition) is 3. The molecule has 3 aromatic rings. The number of ether oxygens (including phenoxy) is 1. The molecule has 3 aromatic carbocycles. The lowest BCUT2D eigenvalue weighted by molar-refractivity contribution is -0.123. The number of rotatable bonds is 7. The lowest BCUT2D eigenvalue weighted by Gasteiger charge is -2.11. The number of anilines is 1. The van der Waals surface area contributed by atoms with Gasteiger partial charge in [0.1, 0.15) is 11.6 Å². The maximum absolute atomic E-state index is 13.0. The monoisotopic (exact) mass is 491 g/mol. The van der Waals surface area contributed by atoms with Crippen molar-refractivity contribution in [3.63, 3.8) is 0 Å². The van der Waals surface area contributed by atoms with Gasteiger partial charge in [-0.15, -0.1) is 0 Å². The Bertz CT molecular complexity index is 1270. The molecule has 172 valence electrons. The Morgan fingerprint density at radius 2 is 1.64 bits per heavy atom.